The van der Waals surface area contributed by atoms with Crippen molar-refractivity contribution in [2.45, 2.75) is 58.4 Å². The molecule has 0 radical (unpaired) electrons. The van der Waals surface area contributed by atoms with Crippen molar-refractivity contribution in [2.75, 3.05) is 13.6 Å². The van der Waals surface area contributed by atoms with Crippen LogP contribution in [0.5, 0.6) is 0 Å². The molecule has 0 aliphatic heterocycles. The minimum Gasteiger partial charge on any atom is -0.338 e. The smallest absolute Gasteiger partial charge is 0.317 e. The predicted octanol–water partition coefficient (Wildman–Crippen LogP) is 3.01. The number of carbonyl (C=O) groups excluding carboxylic acids is 1. The van der Waals surface area contributed by atoms with Gasteiger partial charge in [0.05, 0.1) is 0 Å². The SMILES string of the molecule is CCCNC(=O)N(C)C1CCC(CC)CC1. The summed E-state index contributed by atoms with van der Waals surface area (Å²) in [6.45, 7) is 5.13. The van der Waals surface area contributed by atoms with E-state index in [9.17, 15) is 4.79 Å². The quantitative estimate of drug-likeness (QED) is 0.785. The molecule has 1 fully saturated rings. The van der Waals surface area contributed by atoms with E-state index in [1.165, 1.54) is 32.1 Å². The first kappa shape index (κ1) is 13.3. The number of rotatable bonds is 4. The second kappa shape index (κ2) is 6.77. The average molecular weight is 226 g/mol. The third-order valence-electron chi connectivity index (χ3n) is 3.79. The Morgan fingerprint density at radius 3 is 2.38 bits per heavy atom. The summed E-state index contributed by atoms with van der Waals surface area (Å²) in [5, 5.41) is 2.94. The molecule has 16 heavy (non-hydrogen) atoms. The topological polar surface area (TPSA) is 32.3 Å². The van der Waals surface area contributed by atoms with Crippen LogP contribution in [-0.4, -0.2) is 30.6 Å². The zero-order valence-corrected chi connectivity index (χ0v) is 11.0. The lowest BCUT2D eigenvalue weighted by Gasteiger charge is -2.34. The lowest BCUT2D eigenvalue weighted by Crippen LogP contribution is -2.45. The Hall–Kier alpha value is -0.730. The van der Waals surface area contributed by atoms with Gasteiger partial charge in [-0.3, -0.25) is 0 Å². The summed E-state index contributed by atoms with van der Waals surface area (Å²) < 4.78 is 0. The van der Waals surface area contributed by atoms with Crippen LogP contribution >= 0.6 is 0 Å². The Morgan fingerprint density at radius 1 is 1.25 bits per heavy atom. The number of urea groups is 1. The van der Waals surface area contributed by atoms with Crippen molar-refractivity contribution in [1.82, 2.24) is 10.2 Å². The van der Waals surface area contributed by atoms with Crippen molar-refractivity contribution in [1.29, 1.82) is 0 Å². The molecule has 2 amide bonds. The zero-order chi connectivity index (χ0) is 12.0. The molecule has 1 saturated carbocycles. The fourth-order valence-electron chi connectivity index (χ4n) is 2.46. The van der Waals surface area contributed by atoms with Gasteiger partial charge in [-0.25, -0.2) is 4.79 Å². The molecule has 0 aromatic heterocycles. The van der Waals surface area contributed by atoms with Crippen LogP contribution in [0.1, 0.15) is 52.4 Å². The molecule has 0 unspecified atom stereocenters. The predicted molar refractivity (Wildman–Crippen MR) is 67.5 cm³/mol. The molecule has 0 bridgehead atoms. The van der Waals surface area contributed by atoms with Gasteiger partial charge in [0.1, 0.15) is 0 Å². The molecule has 0 heterocycles. The van der Waals surface area contributed by atoms with Gasteiger partial charge >= 0.3 is 6.03 Å². The molecule has 1 rings (SSSR count). The van der Waals surface area contributed by atoms with Crippen molar-refractivity contribution in [3.8, 4) is 0 Å². The molecule has 1 aliphatic rings. The summed E-state index contributed by atoms with van der Waals surface area (Å²) in [7, 11) is 1.93. The van der Waals surface area contributed by atoms with Crippen molar-refractivity contribution in [3.05, 3.63) is 0 Å². The molecule has 0 aromatic carbocycles. The van der Waals surface area contributed by atoms with Crippen molar-refractivity contribution >= 4 is 6.03 Å². The summed E-state index contributed by atoms with van der Waals surface area (Å²) in [5.74, 6) is 0.892. The third kappa shape index (κ3) is 3.69. The van der Waals surface area contributed by atoms with E-state index in [1.54, 1.807) is 0 Å². The second-order valence-electron chi connectivity index (χ2n) is 4.93. The van der Waals surface area contributed by atoms with E-state index >= 15 is 0 Å². The van der Waals surface area contributed by atoms with E-state index in [2.05, 4.69) is 19.2 Å². The Bertz CT molecular complexity index is 210. The van der Waals surface area contributed by atoms with E-state index in [4.69, 9.17) is 0 Å². The van der Waals surface area contributed by atoms with Gasteiger partial charge in [-0.2, -0.15) is 0 Å². The highest BCUT2D eigenvalue weighted by Gasteiger charge is 2.25. The fourth-order valence-corrected chi connectivity index (χ4v) is 2.46. The van der Waals surface area contributed by atoms with Crippen LogP contribution in [0.25, 0.3) is 0 Å². The number of nitrogens with zero attached hydrogens (tertiary/aromatic N) is 1. The molecule has 0 spiro atoms. The summed E-state index contributed by atoms with van der Waals surface area (Å²) >= 11 is 0. The first-order chi connectivity index (χ1) is 7.69. The summed E-state index contributed by atoms with van der Waals surface area (Å²) in [5.41, 5.74) is 0. The van der Waals surface area contributed by atoms with Gasteiger partial charge in [0.25, 0.3) is 0 Å². The summed E-state index contributed by atoms with van der Waals surface area (Å²) in [6, 6.07) is 0.557. The van der Waals surface area contributed by atoms with Gasteiger partial charge in [-0.05, 0) is 38.0 Å². The second-order valence-corrected chi connectivity index (χ2v) is 4.93. The Balaban J connectivity index is 2.32. The van der Waals surface area contributed by atoms with Gasteiger partial charge in [0.15, 0.2) is 0 Å². The lowest BCUT2D eigenvalue weighted by atomic mass is 9.84. The van der Waals surface area contributed by atoms with Gasteiger partial charge in [0, 0.05) is 19.6 Å². The molecular weight excluding hydrogens is 200 g/mol. The zero-order valence-electron chi connectivity index (χ0n) is 11.0. The Morgan fingerprint density at radius 2 is 1.88 bits per heavy atom. The highest BCUT2D eigenvalue weighted by atomic mass is 16.2. The minimum absolute atomic E-state index is 0.0989. The fraction of sp³-hybridized carbons (Fsp3) is 0.923. The van der Waals surface area contributed by atoms with Crippen LogP contribution in [0.4, 0.5) is 4.79 Å². The maximum absolute atomic E-state index is 11.8. The van der Waals surface area contributed by atoms with E-state index < -0.39 is 0 Å². The van der Waals surface area contributed by atoms with Crippen LogP contribution in [0.2, 0.25) is 0 Å². The van der Waals surface area contributed by atoms with Crippen molar-refractivity contribution < 1.29 is 4.79 Å². The maximum Gasteiger partial charge on any atom is 0.317 e. The number of hydrogen-bond acceptors (Lipinski definition) is 1. The molecule has 0 saturated heterocycles. The summed E-state index contributed by atoms with van der Waals surface area (Å²) in [6.07, 6.45) is 7.21. The summed E-state index contributed by atoms with van der Waals surface area (Å²) in [4.78, 5) is 13.7. The van der Waals surface area contributed by atoms with Crippen molar-refractivity contribution in [2.24, 2.45) is 5.92 Å². The molecule has 3 nitrogen and oxygen atoms in total. The van der Waals surface area contributed by atoms with E-state index in [0.29, 0.717) is 6.04 Å². The van der Waals surface area contributed by atoms with Crippen molar-refractivity contribution in [3.63, 3.8) is 0 Å². The molecule has 0 aromatic rings. The minimum atomic E-state index is 0.0989. The maximum atomic E-state index is 11.8. The molecule has 1 aliphatic carbocycles. The largest absolute Gasteiger partial charge is 0.338 e. The van der Waals surface area contributed by atoms with Gasteiger partial charge in [0.2, 0.25) is 0 Å². The number of amides is 2. The van der Waals surface area contributed by atoms with Crippen LogP contribution in [-0.2, 0) is 0 Å². The molecule has 94 valence electrons. The standard InChI is InChI=1S/C13H26N2O/c1-4-10-14-13(16)15(3)12-8-6-11(5-2)7-9-12/h11-12H,4-10H2,1-3H3,(H,14,16). The van der Waals surface area contributed by atoms with Crippen LogP contribution in [0.15, 0.2) is 0 Å². The normalized spacial score (nSPS) is 25.2. The van der Waals surface area contributed by atoms with E-state index in [1.807, 2.05) is 11.9 Å². The Labute approximate surface area is 99.6 Å². The van der Waals surface area contributed by atoms with Crippen LogP contribution in [0.3, 0.4) is 0 Å². The molecule has 0 atom stereocenters. The number of carbonyl (C=O) groups is 1. The van der Waals surface area contributed by atoms with E-state index in [-0.39, 0.29) is 6.03 Å². The molecule has 3 heteroatoms. The molecular formula is C13H26N2O. The third-order valence-corrected chi connectivity index (χ3v) is 3.79. The monoisotopic (exact) mass is 226 g/mol. The van der Waals surface area contributed by atoms with Gasteiger partial charge < -0.3 is 10.2 Å². The van der Waals surface area contributed by atoms with Crippen LogP contribution < -0.4 is 5.32 Å². The van der Waals surface area contributed by atoms with Gasteiger partial charge in [-0.15, -0.1) is 0 Å². The first-order valence-corrected chi connectivity index (χ1v) is 6.69. The molecule has 1 N–H and O–H groups in total. The average Bonchev–Trinajstić information content (AvgIpc) is 2.35. The Kier molecular flexibility index (Phi) is 5.64. The highest BCUT2D eigenvalue weighted by molar-refractivity contribution is 5.74. The lowest BCUT2D eigenvalue weighted by molar-refractivity contribution is 0.160. The first-order valence-electron chi connectivity index (χ1n) is 6.69. The van der Waals surface area contributed by atoms with Crippen LogP contribution in [0, 0.1) is 5.92 Å². The number of hydrogen-bond donors (Lipinski definition) is 1. The highest BCUT2D eigenvalue weighted by Crippen LogP contribution is 2.28. The number of nitrogens with one attached hydrogen (secondary N) is 1. The van der Waals surface area contributed by atoms with E-state index in [0.717, 1.165) is 18.9 Å². The van der Waals surface area contributed by atoms with Gasteiger partial charge in [-0.1, -0.05) is 20.3 Å².